The number of ether oxygens (including phenoxy) is 1. The molecule has 0 unspecified atom stereocenters. The van der Waals surface area contributed by atoms with E-state index < -0.39 is 0 Å². The van der Waals surface area contributed by atoms with Crippen LogP contribution in [-0.2, 0) is 0 Å². The molecular weight excluding hydrogens is 164 g/mol. The Labute approximate surface area is 79.2 Å². The fourth-order valence-corrected chi connectivity index (χ4v) is 1.02. The Kier molecular flexibility index (Phi) is 3.18. The van der Waals surface area contributed by atoms with E-state index in [-0.39, 0.29) is 0 Å². The van der Waals surface area contributed by atoms with Crippen LogP contribution in [0.4, 0.5) is 0 Å². The summed E-state index contributed by atoms with van der Waals surface area (Å²) >= 11 is 0. The lowest BCUT2D eigenvalue weighted by atomic mass is 10.2. The summed E-state index contributed by atoms with van der Waals surface area (Å²) in [7, 11) is 0. The fraction of sp³-hybridized carbons (Fsp3) is 0.455. The highest BCUT2D eigenvalue weighted by molar-refractivity contribution is 5.42. The second-order valence-corrected chi connectivity index (χ2v) is 3.61. The summed E-state index contributed by atoms with van der Waals surface area (Å²) in [6.45, 7) is 6.73. The molecule has 0 saturated carbocycles. The summed E-state index contributed by atoms with van der Waals surface area (Å²) in [5, 5.41) is 9.39. The molecule has 1 rings (SSSR count). The number of rotatable bonds is 3. The highest BCUT2D eigenvalue weighted by Crippen LogP contribution is 2.26. The molecule has 0 saturated heterocycles. The van der Waals surface area contributed by atoms with Crippen LogP contribution < -0.4 is 4.74 Å². The Morgan fingerprint density at radius 3 is 2.69 bits per heavy atom. The van der Waals surface area contributed by atoms with Gasteiger partial charge in [-0.1, -0.05) is 19.9 Å². The SMILES string of the molecule is Cc1c(O)cccc1OCC(C)C. The standard InChI is InChI=1S/C11H16O2/c1-8(2)7-13-11-6-4-5-10(12)9(11)3/h4-6,8,12H,7H2,1-3H3. The maximum absolute atomic E-state index is 9.39. The molecule has 0 bridgehead atoms. The number of phenols is 1. The van der Waals surface area contributed by atoms with Crippen molar-refractivity contribution in [3.8, 4) is 11.5 Å². The third kappa shape index (κ3) is 2.65. The van der Waals surface area contributed by atoms with Gasteiger partial charge < -0.3 is 9.84 Å². The van der Waals surface area contributed by atoms with E-state index in [2.05, 4.69) is 13.8 Å². The summed E-state index contributed by atoms with van der Waals surface area (Å²) in [4.78, 5) is 0. The van der Waals surface area contributed by atoms with Crippen molar-refractivity contribution in [1.29, 1.82) is 0 Å². The monoisotopic (exact) mass is 180 g/mol. The fourth-order valence-electron chi connectivity index (χ4n) is 1.02. The third-order valence-electron chi connectivity index (χ3n) is 1.83. The average molecular weight is 180 g/mol. The summed E-state index contributed by atoms with van der Waals surface area (Å²) < 4.78 is 5.52. The van der Waals surface area contributed by atoms with Crippen LogP contribution >= 0.6 is 0 Å². The number of phenolic OH excluding ortho intramolecular Hbond substituents is 1. The highest BCUT2D eigenvalue weighted by Gasteiger charge is 2.03. The molecule has 13 heavy (non-hydrogen) atoms. The highest BCUT2D eigenvalue weighted by atomic mass is 16.5. The minimum atomic E-state index is 0.293. The molecule has 0 radical (unpaired) electrons. The molecule has 2 nitrogen and oxygen atoms in total. The van der Waals surface area contributed by atoms with Crippen molar-refractivity contribution in [2.45, 2.75) is 20.8 Å². The van der Waals surface area contributed by atoms with Gasteiger partial charge in [-0.3, -0.25) is 0 Å². The topological polar surface area (TPSA) is 29.5 Å². The van der Waals surface area contributed by atoms with Crippen molar-refractivity contribution in [1.82, 2.24) is 0 Å². The summed E-state index contributed by atoms with van der Waals surface area (Å²) in [5.41, 5.74) is 0.808. The molecular formula is C11H16O2. The first-order valence-electron chi connectivity index (χ1n) is 4.52. The van der Waals surface area contributed by atoms with Crippen LogP contribution in [0.3, 0.4) is 0 Å². The number of aromatic hydroxyl groups is 1. The van der Waals surface area contributed by atoms with E-state index in [0.717, 1.165) is 11.3 Å². The molecule has 0 atom stereocenters. The molecule has 0 heterocycles. The molecule has 0 aromatic heterocycles. The van der Waals surface area contributed by atoms with E-state index >= 15 is 0 Å². The second kappa shape index (κ2) is 4.17. The predicted octanol–water partition coefficient (Wildman–Crippen LogP) is 2.74. The lowest BCUT2D eigenvalue weighted by molar-refractivity contribution is 0.268. The van der Waals surface area contributed by atoms with Crippen LogP contribution in [0.2, 0.25) is 0 Å². The smallest absolute Gasteiger partial charge is 0.125 e. The van der Waals surface area contributed by atoms with Crippen molar-refractivity contribution in [3.63, 3.8) is 0 Å². The Morgan fingerprint density at radius 1 is 1.38 bits per heavy atom. The van der Waals surface area contributed by atoms with E-state index in [1.165, 1.54) is 0 Å². The first-order valence-corrected chi connectivity index (χ1v) is 4.52. The van der Waals surface area contributed by atoms with E-state index in [9.17, 15) is 5.11 Å². The molecule has 0 aliphatic carbocycles. The Balaban J connectivity index is 2.71. The Morgan fingerprint density at radius 2 is 2.08 bits per heavy atom. The summed E-state index contributed by atoms with van der Waals surface area (Å²) in [6, 6.07) is 5.33. The van der Waals surface area contributed by atoms with Gasteiger partial charge in [0.05, 0.1) is 6.61 Å². The van der Waals surface area contributed by atoms with Crippen molar-refractivity contribution in [3.05, 3.63) is 23.8 Å². The summed E-state index contributed by atoms with van der Waals surface area (Å²) in [6.07, 6.45) is 0. The second-order valence-electron chi connectivity index (χ2n) is 3.61. The third-order valence-corrected chi connectivity index (χ3v) is 1.83. The molecule has 1 aromatic rings. The van der Waals surface area contributed by atoms with Gasteiger partial charge in [0.1, 0.15) is 11.5 Å². The van der Waals surface area contributed by atoms with Crippen LogP contribution in [0.5, 0.6) is 11.5 Å². The number of benzene rings is 1. The lowest BCUT2D eigenvalue weighted by Crippen LogP contribution is -2.05. The zero-order valence-corrected chi connectivity index (χ0v) is 8.37. The molecule has 1 aromatic carbocycles. The molecule has 0 amide bonds. The van der Waals surface area contributed by atoms with Crippen molar-refractivity contribution >= 4 is 0 Å². The minimum absolute atomic E-state index is 0.293. The molecule has 1 N–H and O–H groups in total. The maximum atomic E-state index is 9.39. The zero-order valence-electron chi connectivity index (χ0n) is 8.37. The van der Waals surface area contributed by atoms with Gasteiger partial charge >= 0.3 is 0 Å². The van der Waals surface area contributed by atoms with Crippen molar-refractivity contribution in [2.75, 3.05) is 6.61 Å². The quantitative estimate of drug-likeness (QED) is 0.775. The summed E-state index contributed by atoms with van der Waals surface area (Å²) in [5.74, 6) is 1.57. The zero-order chi connectivity index (χ0) is 9.84. The first kappa shape index (κ1) is 9.90. The van der Waals surface area contributed by atoms with Crippen molar-refractivity contribution < 1.29 is 9.84 Å². The van der Waals surface area contributed by atoms with E-state index in [4.69, 9.17) is 4.74 Å². The molecule has 0 aliphatic heterocycles. The van der Waals surface area contributed by atoms with Crippen LogP contribution in [-0.4, -0.2) is 11.7 Å². The van der Waals surface area contributed by atoms with Gasteiger partial charge in [-0.05, 0) is 25.0 Å². The first-order chi connectivity index (χ1) is 6.11. The molecule has 72 valence electrons. The predicted molar refractivity (Wildman–Crippen MR) is 53.2 cm³/mol. The molecule has 2 heteroatoms. The Bertz CT molecular complexity index is 279. The van der Waals surface area contributed by atoms with Gasteiger partial charge in [0.25, 0.3) is 0 Å². The van der Waals surface area contributed by atoms with Crippen LogP contribution in [0.15, 0.2) is 18.2 Å². The largest absolute Gasteiger partial charge is 0.508 e. The van der Waals surface area contributed by atoms with E-state index in [0.29, 0.717) is 18.3 Å². The van der Waals surface area contributed by atoms with Gasteiger partial charge in [-0.25, -0.2) is 0 Å². The normalized spacial score (nSPS) is 10.5. The lowest BCUT2D eigenvalue weighted by Gasteiger charge is -2.11. The van der Waals surface area contributed by atoms with Crippen molar-refractivity contribution in [2.24, 2.45) is 5.92 Å². The van der Waals surface area contributed by atoms with Crippen LogP contribution in [0.1, 0.15) is 19.4 Å². The Hall–Kier alpha value is -1.18. The number of hydrogen-bond acceptors (Lipinski definition) is 2. The van der Waals surface area contributed by atoms with Gasteiger partial charge in [-0.15, -0.1) is 0 Å². The van der Waals surface area contributed by atoms with Gasteiger partial charge in [0.2, 0.25) is 0 Å². The van der Waals surface area contributed by atoms with Crippen LogP contribution in [0.25, 0.3) is 0 Å². The van der Waals surface area contributed by atoms with Gasteiger partial charge in [0, 0.05) is 5.56 Å². The van der Waals surface area contributed by atoms with Crippen LogP contribution in [0, 0.1) is 12.8 Å². The molecule has 0 fully saturated rings. The number of hydrogen-bond donors (Lipinski definition) is 1. The molecule has 0 spiro atoms. The van der Waals surface area contributed by atoms with Gasteiger partial charge in [-0.2, -0.15) is 0 Å². The minimum Gasteiger partial charge on any atom is -0.508 e. The molecule has 0 aliphatic rings. The maximum Gasteiger partial charge on any atom is 0.125 e. The van der Waals surface area contributed by atoms with E-state index in [1.807, 2.05) is 13.0 Å². The average Bonchev–Trinajstić information content (AvgIpc) is 2.07. The van der Waals surface area contributed by atoms with E-state index in [1.54, 1.807) is 12.1 Å². The van der Waals surface area contributed by atoms with Gasteiger partial charge in [0.15, 0.2) is 0 Å².